The number of aromatic nitrogens is 2. The molecule has 0 radical (unpaired) electrons. The topological polar surface area (TPSA) is 41.3 Å². The fraction of sp³-hybridized carbons (Fsp3) is 0.727. The minimum atomic E-state index is -0.817. The van der Waals surface area contributed by atoms with E-state index in [0.29, 0.717) is 19.5 Å². The van der Waals surface area contributed by atoms with Crippen molar-refractivity contribution < 1.29 is 9.50 Å². The van der Waals surface area contributed by atoms with Gasteiger partial charge in [0.2, 0.25) is 0 Å². The Morgan fingerprint density at radius 3 is 3.12 bits per heavy atom. The summed E-state index contributed by atoms with van der Waals surface area (Å²) in [5, 5.41) is 9.17. The van der Waals surface area contributed by atoms with Gasteiger partial charge in [0, 0.05) is 31.5 Å². The van der Waals surface area contributed by atoms with E-state index >= 15 is 0 Å². The van der Waals surface area contributed by atoms with Crippen LogP contribution in [0.15, 0.2) is 12.4 Å². The first-order valence-electron chi connectivity index (χ1n) is 5.73. The van der Waals surface area contributed by atoms with Gasteiger partial charge in [0.05, 0.1) is 13.2 Å². The minimum Gasteiger partial charge on any atom is -0.395 e. The van der Waals surface area contributed by atoms with Crippen molar-refractivity contribution in [1.29, 1.82) is 0 Å². The van der Waals surface area contributed by atoms with E-state index < -0.39 is 6.17 Å². The minimum absolute atomic E-state index is 0.0211. The van der Waals surface area contributed by atoms with Crippen LogP contribution in [0.3, 0.4) is 0 Å². The van der Waals surface area contributed by atoms with E-state index in [1.807, 2.05) is 15.7 Å². The molecule has 90 valence electrons. The number of aliphatic hydroxyl groups is 1. The van der Waals surface area contributed by atoms with Crippen molar-refractivity contribution >= 4 is 0 Å². The Balaban J connectivity index is 2.03. The molecular formula is C11H18FN3O. The number of hydrogen-bond donors (Lipinski definition) is 1. The number of nitrogens with zero attached hydrogens (tertiary/aromatic N) is 3. The van der Waals surface area contributed by atoms with Crippen molar-refractivity contribution in [3.63, 3.8) is 0 Å². The van der Waals surface area contributed by atoms with Gasteiger partial charge in [0.1, 0.15) is 12.0 Å². The Morgan fingerprint density at radius 1 is 1.62 bits per heavy atom. The maximum absolute atomic E-state index is 13.2. The van der Waals surface area contributed by atoms with Crippen molar-refractivity contribution in [3.05, 3.63) is 18.2 Å². The van der Waals surface area contributed by atoms with E-state index in [9.17, 15) is 9.50 Å². The van der Waals surface area contributed by atoms with E-state index in [-0.39, 0.29) is 12.6 Å². The van der Waals surface area contributed by atoms with Crippen molar-refractivity contribution in [2.45, 2.75) is 38.6 Å². The SMILES string of the molecule is CCn1ccnc1CN1C[C@@H](F)C[C@H]1CO. The normalized spacial score (nSPS) is 26.4. The summed E-state index contributed by atoms with van der Waals surface area (Å²) in [5.74, 6) is 0.940. The first kappa shape index (κ1) is 11.5. The van der Waals surface area contributed by atoms with Gasteiger partial charge in [-0.3, -0.25) is 4.90 Å². The number of hydrogen-bond acceptors (Lipinski definition) is 3. The lowest BCUT2D eigenvalue weighted by Crippen LogP contribution is -2.32. The number of imidazole rings is 1. The molecular weight excluding hydrogens is 209 g/mol. The monoisotopic (exact) mass is 227 g/mol. The standard InChI is InChI=1S/C11H18FN3O/c1-2-14-4-3-13-11(14)7-15-6-9(12)5-10(15)8-16/h3-4,9-10,16H,2,5-8H2,1H3/t9-,10-/m0/s1. The van der Waals surface area contributed by atoms with Gasteiger partial charge in [-0.05, 0) is 13.3 Å². The third-order valence-electron chi connectivity index (χ3n) is 3.17. The van der Waals surface area contributed by atoms with Crippen LogP contribution in [0.2, 0.25) is 0 Å². The molecule has 2 atom stereocenters. The first-order valence-corrected chi connectivity index (χ1v) is 5.73. The summed E-state index contributed by atoms with van der Waals surface area (Å²) in [7, 11) is 0. The van der Waals surface area contributed by atoms with E-state index in [4.69, 9.17) is 0 Å². The number of rotatable bonds is 4. The van der Waals surface area contributed by atoms with Gasteiger partial charge in [-0.25, -0.2) is 9.37 Å². The molecule has 1 N–H and O–H groups in total. The second kappa shape index (κ2) is 4.93. The van der Waals surface area contributed by atoms with Gasteiger partial charge >= 0.3 is 0 Å². The average Bonchev–Trinajstić information content (AvgIpc) is 2.85. The van der Waals surface area contributed by atoms with E-state index in [0.717, 1.165) is 12.4 Å². The molecule has 2 rings (SSSR count). The quantitative estimate of drug-likeness (QED) is 0.827. The molecule has 1 aliphatic heterocycles. The highest BCUT2D eigenvalue weighted by Crippen LogP contribution is 2.21. The fourth-order valence-electron chi connectivity index (χ4n) is 2.27. The summed E-state index contributed by atoms with van der Waals surface area (Å²) in [6, 6.07) is -0.0583. The zero-order chi connectivity index (χ0) is 11.5. The molecule has 0 unspecified atom stereocenters. The molecule has 1 aromatic rings. The summed E-state index contributed by atoms with van der Waals surface area (Å²) in [6.07, 6.45) is 3.30. The lowest BCUT2D eigenvalue weighted by atomic mass is 10.2. The molecule has 5 heteroatoms. The highest BCUT2D eigenvalue weighted by molar-refractivity contribution is 4.95. The summed E-state index contributed by atoms with van der Waals surface area (Å²) in [5.41, 5.74) is 0. The first-order chi connectivity index (χ1) is 7.74. The van der Waals surface area contributed by atoms with Crippen LogP contribution in [0, 0.1) is 0 Å². The van der Waals surface area contributed by atoms with Crippen molar-refractivity contribution in [2.24, 2.45) is 0 Å². The molecule has 0 bridgehead atoms. The van der Waals surface area contributed by atoms with Crippen LogP contribution >= 0.6 is 0 Å². The van der Waals surface area contributed by atoms with Crippen LogP contribution in [0.5, 0.6) is 0 Å². The van der Waals surface area contributed by atoms with Gasteiger partial charge < -0.3 is 9.67 Å². The zero-order valence-corrected chi connectivity index (χ0v) is 9.51. The van der Waals surface area contributed by atoms with Crippen molar-refractivity contribution in [1.82, 2.24) is 14.5 Å². The third kappa shape index (κ3) is 2.25. The number of likely N-dealkylation sites (tertiary alicyclic amines) is 1. The van der Waals surface area contributed by atoms with Crippen LogP contribution in [-0.4, -0.2) is 44.9 Å². The van der Waals surface area contributed by atoms with Crippen LogP contribution in [0.4, 0.5) is 4.39 Å². The molecule has 2 heterocycles. The number of aryl methyl sites for hydroxylation is 1. The molecule has 0 amide bonds. The molecule has 0 spiro atoms. The molecule has 16 heavy (non-hydrogen) atoms. The maximum atomic E-state index is 13.2. The zero-order valence-electron chi connectivity index (χ0n) is 9.51. The Kier molecular flexibility index (Phi) is 3.56. The Bertz CT molecular complexity index is 342. The number of alkyl halides is 1. The molecule has 0 aliphatic carbocycles. The lowest BCUT2D eigenvalue weighted by molar-refractivity contribution is 0.149. The predicted octanol–water partition coefficient (Wildman–Crippen LogP) is 0.808. The van der Waals surface area contributed by atoms with Gasteiger partial charge in [-0.15, -0.1) is 0 Å². The lowest BCUT2D eigenvalue weighted by Gasteiger charge is -2.21. The highest BCUT2D eigenvalue weighted by atomic mass is 19.1. The molecule has 0 aromatic carbocycles. The molecule has 1 aliphatic rings. The third-order valence-corrected chi connectivity index (χ3v) is 3.17. The van der Waals surface area contributed by atoms with E-state index in [1.165, 1.54) is 0 Å². The Morgan fingerprint density at radius 2 is 2.44 bits per heavy atom. The molecule has 1 aromatic heterocycles. The van der Waals surface area contributed by atoms with Gasteiger partial charge in [-0.1, -0.05) is 0 Å². The largest absolute Gasteiger partial charge is 0.395 e. The average molecular weight is 227 g/mol. The summed E-state index contributed by atoms with van der Waals surface area (Å²) >= 11 is 0. The second-order valence-corrected chi connectivity index (χ2v) is 4.23. The van der Waals surface area contributed by atoms with Crippen molar-refractivity contribution in [3.8, 4) is 0 Å². The number of halogens is 1. The molecule has 1 fully saturated rings. The summed E-state index contributed by atoms with van der Waals surface area (Å²) < 4.78 is 15.3. The summed E-state index contributed by atoms with van der Waals surface area (Å²) in [4.78, 5) is 6.23. The molecule has 1 saturated heterocycles. The molecule has 0 saturated carbocycles. The fourth-order valence-corrected chi connectivity index (χ4v) is 2.27. The highest BCUT2D eigenvalue weighted by Gasteiger charge is 2.32. The maximum Gasteiger partial charge on any atom is 0.122 e. The van der Waals surface area contributed by atoms with Gasteiger partial charge in [0.15, 0.2) is 0 Å². The van der Waals surface area contributed by atoms with Crippen LogP contribution in [0.1, 0.15) is 19.2 Å². The molecule has 4 nitrogen and oxygen atoms in total. The Hall–Kier alpha value is -0.940. The number of aliphatic hydroxyl groups excluding tert-OH is 1. The predicted molar refractivity (Wildman–Crippen MR) is 58.7 cm³/mol. The van der Waals surface area contributed by atoms with E-state index in [1.54, 1.807) is 6.20 Å². The van der Waals surface area contributed by atoms with Gasteiger partial charge in [0.25, 0.3) is 0 Å². The van der Waals surface area contributed by atoms with Crippen LogP contribution < -0.4 is 0 Å². The summed E-state index contributed by atoms with van der Waals surface area (Å²) in [6.45, 7) is 3.96. The van der Waals surface area contributed by atoms with Gasteiger partial charge in [-0.2, -0.15) is 0 Å². The Labute approximate surface area is 94.7 Å². The smallest absolute Gasteiger partial charge is 0.122 e. The van der Waals surface area contributed by atoms with Crippen LogP contribution in [0.25, 0.3) is 0 Å². The van der Waals surface area contributed by atoms with E-state index in [2.05, 4.69) is 11.9 Å². The second-order valence-electron chi connectivity index (χ2n) is 4.23. The van der Waals surface area contributed by atoms with Crippen LogP contribution in [-0.2, 0) is 13.1 Å². The van der Waals surface area contributed by atoms with Crippen molar-refractivity contribution in [2.75, 3.05) is 13.2 Å².